The average Bonchev–Trinajstić information content (AvgIpc) is 2.95. The Morgan fingerprint density at radius 3 is 2.08 bits per heavy atom. The first-order valence-corrected chi connectivity index (χ1v) is 5.61. The molecule has 1 amide bonds. The van der Waals surface area contributed by atoms with Gasteiger partial charge >= 0.3 is 0 Å². The van der Waals surface area contributed by atoms with E-state index >= 15 is 0 Å². The molecule has 1 heterocycles. The molecule has 1 unspecified atom stereocenters. The Bertz CT molecular complexity index is 218. The van der Waals surface area contributed by atoms with E-state index in [4.69, 9.17) is 0 Å². The molecule has 1 N–H and O–H groups in total. The topological polar surface area (TPSA) is 29.1 Å². The first-order valence-electron chi connectivity index (χ1n) is 5.61. The molecule has 1 saturated heterocycles. The average molecular weight is 179 g/mol. The third kappa shape index (κ3) is 1.47. The van der Waals surface area contributed by atoms with Crippen LogP contribution in [-0.2, 0) is 4.79 Å². The molecule has 2 saturated carbocycles. The molecule has 2 aliphatic carbocycles. The Morgan fingerprint density at radius 1 is 1.08 bits per heavy atom. The normalized spacial score (nSPS) is 33.9. The Hall–Kier alpha value is -0.530. The lowest BCUT2D eigenvalue weighted by atomic mass is 9.83. The van der Waals surface area contributed by atoms with Crippen LogP contribution >= 0.6 is 0 Å². The Kier molecular flexibility index (Phi) is 1.64. The minimum atomic E-state index is 0.288. The van der Waals surface area contributed by atoms with Crippen molar-refractivity contribution in [1.82, 2.24) is 5.32 Å². The van der Waals surface area contributed by atoms with Gasteiger partial charge in [0.15, 0.2) is 0 Å². The Labute approximate surface area is 79.1 Å². The largest absolute Gasteiger partial charge is 0.356 e. The molecule has 0 radical (unpaired) electrons. The second-order valence-electron chi connectivity index (χ2n) is 5.02. The van der Waals surface area contributed by atoms with Gasteiger partial charge in [-0.1, -0.05) is 0 Å². The van der Waals surface area contributed by atoms with Crippen molar-refractivity contribution in [3.8, 4) is 0 Å². The molecule has 0 bridgehead atoms. The fourth-order valence-electron chi connectivity index (χ4n) is 3.02. The predicted molar refractivity (Wildman–Crippen MR) is 50.1 cm³/mol. The van der Waals surface area contributed by atoms with E-state index in [9.17, 15) is 4.79 Å². The molecular formula is C11H17NO. The van der Waals surface area contributed by atoms with E-state index in [1.165, 1.54) is 25.7 Å². The second kappa shape index (κ2) is 2.73. The molecular weight excluding hydrogens is 162 g/mol. The van der Waals surface area contributed by atoms with Crippen LogP contribution in [-0.4, -0.2) is 12.5 Å². The van der Waals surface area contributed by atoms with Gasteiger partial charge in [0.1, 0.15) is 0 Å². The number of amides is 1. The number of hydrogen-bond acceptors (Lipinski definition) is 1. The summed E-state index contributed by atoms with van der Waals surface area (Å²) in [6.07, 6.45) is 6.56. The summed E-state index contributed by atoms with van der Waals surface area (Å²) in [5.74, 6) is 3.86. The van der Waals surface area contributed by atoms with E-state index in [1.54, 1.807) is 0 Å². The summed E-state index contributed by atoms with van der Waals surface area (Å²) in [6.45, 7) is 0.969. The number of hydrogen-bond donors (Lipinski definition) is 1. The highest BCUT2D eigenvalue weighted by Gasteiger charge is 2.46. The van der Waals surface area contributed by atoms with E-state index in [2.05, 4.69) is 5.32 Å². The summed E-state index contributed by atoms with van der Waals surface area (Å²) < 4.78 is 0. The first kappa shape index (κ1) is 7.84. The zero-order chi connectivity index (χ0) is 8.84. The smallest absolute Gasteiger partial charge is 0.220 e. The summed E-state index contributed by atoms with van der Waals surface area (Å²) in [7, 11) is 0. The van der Waals surface area contributed by atoms with Crippen molar-refractivity contribution in [2.45, 2.75) is 32.1 Å². The molecule has 0 aromatic rings. The van der Waals surface area contributed by atoms with Crippen molar-refractivity contribution in [3.63, 3.8) is 0 Å². The van der Waals surface area contributed by atoms with Crippen LogP contribution in [0.5, 0.6) is 0 Å². The van der Waals surface area contributed by atoms with Crippen LogP contribution in [0.15, 0.2) is 0 Å². The number of carbonyl (C=O) groups excluding carboxylic acids is 1. The summed E-state index contributed by atoms with van der Waals surface area (Å²) in [4.78, 5) is 11.1. The first-order chi connectivity index (χ1) is 6.34. The molecule has 2 heteroatoms. The van der Waals surface area contributed by atoms with Crippen molar-refractivity contribution < 1.29 is 4.79 Å². The summed E-state index contributed by atoms with van der Waals surface area (Å²) in [5.41, 5.74) is 0. The van der Waals surface area contributed by atoms with Crippen molar-refractivity contribution in [2.24, 2.45) is 23.7 Å². The van der Waals surface area contributed by atoms with E-state index in [1.807, 2.05) is 0 Å². The Morgan fingerprint density at radius 2 is 1.69 bits per heavy atom. The van der Waals surface area contributed by atoms with E-state index in [0.717, 1.165) is 30.7 Å². The number of nitrogens with one attached hydrogen (secondary N) is 1. The lowest BCUT2D eigenvalue weighted by Gasteiger charge is -2.21. The predicted octanol–water partition coefficient (Wildman–Crippen LogP) is 1.56. The fourth-order valence-corrected chi connectivity index (χ4v) is 3.02. The molecule has 2 nitrogen and oxygen atoms in total. The summed E-state index contributed by atoms with van der Waals surface area (Å²) >= 11 is 0. The highest BCUT2D eigenvalue weighted by molar-refractivity contribution is 5.78. The monoisotopic (exact) mass is 179 g/mol. The van der Waals surface area contributed by atoms with Crippen molar-refractivity contribution >= 4 is 5.91 Å². The van der Waals surface area contributed by atoms with Crippen molar-refractivity contribution in [3.05, 3.63) is 0 Å². The number of rotatable bonds is 3. The second-order valence-corrected chi connectivity index (χ2v) is 5.02. The van der Waals surface area contributed by atoms with Gasteiger partial charge in [-0.15, -0.1) is 0 Å². The highest BCUT2D eigenvalue weighted by atomic mass is 16.1. The van der Waals surface area contributed by atoms with Gasteiger partial charge in [0, 0.05) is 13.0 Å². The van der Waals surface area contributed by atoms with E-state index < -0.39 is 0 Å². The van der Waals surface area contributed by atoms with E-state index in [-0.39, 0.29) is 5.91 Å². The molecule has 3 aliphatic rings. The van der Waals surface area contributed by atoms with Crippen LogP contribution in [0.2, 0.25) is 0 Å². The van der Waals surface area contributed by atoms with Gasteiger partial charge in [-0.2, -0.15) is 0 Å². The van der Waals surface area contributed by atoms with Crippen LogP contribution in [0, 0.1) is 23.7 Å². The summed E-state index contributed by atoms with van der Waals surface area (Å²) in [5, 5.41) is 2.98. The zero-order valence-corrected chi connectivity index (χ0v) is 7.96. The van der Waals surface area contributed by atoms with Crippen LogP contribution in [0.1, 0.15) is 32.1 Å². The van der Waals surface area contributed by atoms with Crippen LogP contribution < -0.4 is 5.32 Å². The molecule has 0 spiro atoms. The quantitative estimate of drug-likeness (QED) is 0.700. The molecule has 13 heavy (non-hydrogen) atoms. The van der Waals surface area contributed by atoms with Crippen molar-refractivity contribution in [1.29, 1.82) is 0 Å². The van der Waals surface area contributed by atoms with Crippen LogP contribution in [0.25, 0.3) is 0 Å². The molecule has 0 aromatic carbocycles. The highest BCUT2D eigenvalue weighted by Crippen LogP contribution is 2.53. The maximum atomic E-state index is 11.1. The molecule has 1 atom stereocenters. The maximum Gasteiger partial charge on any atom is 0.220 e. The maximum absolute atomic E-state index is 11.1. The molecule has 72 valence electrons. The SMILES string of the molecule is O=C1CC(C(C2CC2)C2CC2)CN1. The third-order valence-corrected chi connectivity index (χ3v) is 3.89. The lowest BCUT2D eigenvalue weighted by Crippen LogP contribution is -2.21. The zero-order valence-electron chi connectivity index (χ0n) is 7.96. The number of carbonyl (C=O) groups is 1. The molecule has 3 rings (SSSR count). The van der Waals surface area contributed by atoms with E-state index in [0.29, 0.717) is 5.92 Å². The molecule has 1 aliphatic heterocycles. The van der Waals surface area contributed by atoms with Crippen LogP contribution in [0.3, 0.4) is 0 Å². The minimum Gasteiger partial charge on any atom is -0.356 e. The van der Waals surface area contributed by atoms with Gasteiger partial charge in [0.05, 0.1) is 0 Å². The standard InChI is InChI=1S/C11H17NO/c13-10-5-9(6-12-10)11(7-1-2-7)8-3-4-8/h7-9,11H,1-6H2,(H,12,13). The van der Waals surface area contributed by atoms with Crippen molar-refractivity contribution in [2.75, 3.05) is 6.54 Å². The van der Waals surface area contributed by atoms with Gasteiger partial charge < -0.3 is 5.32 Å². The fraction of sp³-hybridized carbons (Fsp3) is 0.909. The van der Waals surface area contributed by atoms with Gasteiger partial charge in [-0.25, -0.2) is 0 Å². The Balaban J connectivity index is 1.69. The third-order valence-electron chi connectivity index (χ3n) is 3.89. The molecule has 0 aromatic heterocycles. The lowest BCUT2D eigenvalue weighted by molar-refractivity contribution is -0.119. The summed E-state index contributed by atoms with van der Waals surface area (Å²) in [6, 6.07) is 0. The molecule has 3 fully saturated rings. The van der Waals surface area contributed by atoms with Gasteiger partial charge in [-0.3, -0.25) is 4.79 Å². The van der Waals surface area contributed by atoms with Crippen LogP contribution in [0.4, 0.5) is 0 Å². The van der Waals surface area contributed by atoms with Gasteiger partial charge in [0.25, 0.3) is 0 Å². The van der Waals surface area contributed by atoms with Gasteiger partial charge in [0.2, 0.25) is 5.91 Å². The minimum absolute atomic E-state index is 0.288. The van der Waals surface area contributed by atoms with Gasteiger partial charge in [-0.05, 0) is 49.4 Å².